The maximum atomic E-state index is 12.0. The molecule has 1 aromatic rings. The van der Waals surface area contributed by atoms with E-state index in [9.17, 15) is 29.1 Å². The Kier molecular flexibility index (Phi) is 9.40. The minimum Gasteiger partial charge on any atom is -0.493 e. The first-order chi connectivity index (χ1) is 16.4. The lowest BCUT2D eigenvalue weighted by molar-refractivity contribution is -0.257. The molecule has 0 radical (unpaired) electrons. The molecule has 35 heavy (non-hydrogen) atoms. The SMILES string of the molecule is COc1cc(C(=O)O)ccc1O[C@@H]1O[C@H](COC(C)=O)[C@H](OC(C)=O)[C@H](OC(C)=O)[C@H]1NC(C)=O. The van der Waals surface area contributed by atoms with Crippen LogP contribution in [0.25, 0.3) is 0 Å². The number of methoxy groups -OCH3 is 1. The highest BCUT2D eigenvalue weighted by atomic mass is 16.7. The Morgan fingerprint density at radius 1 is 0.943 bits per heavy atom. The third-order valence-corrected chi connectivity index (χ3v) is 4.72. The molecule has 5 atom stereocenters. The number of amides is 1. The summed E-state index contributed by atoms with van der Waals surface area (Å²) in [7, 11) is 1.29. The van der Waals surface area contributed by atoms with Crippen LogP contribution in [0.1, 0.15) is 38.1 Å². The normalized spacial score (nSPS) is 23.4. The number of carboxylic acids is 1. The van der Waals surface area contributed by atoms with Crippen LogP contribution >= 0.6 is 0 Å². The minimum absolute atomic E-state index is 0.0385. The van der Waals surface area contributed by atoms with Crippen LogP contribution in [0.4, 0.5) is 0 Å². The van der Waals surface area contributed by atoms with E-state index < -0.39 is 67.0 Å². The van der Waals surface area contributed by atoms with Gasteiger partial charge in [0.2, 0.25) is 12.2 Å². The van der Waals surface area contributed by atoms with E-state index in [0.717, 1.165) is 20.8 Å². The summed E-state index contributed by atoms with van der Waals surface area (Å²) >= 11 is 0. The molecule has 1 heterocycles. The molecule has 0 unspecified atom stereocenters. The summed E-state index contributed by atoms with van der Waals surface area (Å²) < 4.78 is 32.7. The van der Waals surface area contributed by atoms with Crippen molar-refractivity contribution in [2.75, 3.05) is 13.7 Å². The lowest BCUT2D eigenvalue weighted by Crippen LogP contribution is -2.67. The largest absolute Gasteiger partial charge is 0.493 e. The third kappa shape index (κ3) is 7.57. The van der Waals surface area contributed by atoms with Crippen molar-refractivity contribution >= 4 is 29.8 Å². The van der Waals surface area contributed by atoms with E-state index in [1.165, 1.54) is 32.2 Å². The molecule has 1 aliphatic rings. The second-order valence-corrected chi connectivity index (χ2v) is 7.51. The zero-order valence-electron chi connectivity index (χ0n) is 19.8. The number of carboxylic acid groups (broad SMARTS) is 1. The molecule has 0 bridgehead atoms. The van der Waals surface area contributed by atoms with Crippen LogP contribution in [0.15, 0.2) is 18.2 Å². The fourth-order valence-corrected chi connectivity index (χ4v) is 3.41. The van der Waals surface area contributed by atoms with Gasteiger partial charge < -0.3 is 38.8 Å². The van der Waals surface area contributed by atoms with E-state index >= 15 is 0 Å². The smallest absolute Gasteiger partial charge is 0.335 e. The number of hydrogen-bond donors (Lipinski definition) is 2. The number of carbonyl (C=O) groups excluding carboxylic acids is 4. The van der Waals surface area contributed by atoms with Gasteiger partial charge in [0.25, 0.3) is 0 Å². The molecule has 192 valence electrons. The highest BCUT2D eigenvalue weighted by molar-refractivity contribution is 5.88. The molecular weight excluding hydrogens is 470 g/mol. The van der Waals surface area contributed by atoms with Crippen molar-refractivity contribution in [3.63, 3.8) is 0 Å². The molecule has 0 aromatic heterocycles. The highest BCUT2D eigenvalue weighted by Gasteiger charge is 2.52. The van der Waals surface area contributed by atoms with Crippen LogP contribution in [-0.2, 0) is 38.1 Å². The van der Waals surface area contributed by atoms with E-state index in [-0.39, 0.29) is 17.1 Å². The fraction of sp³-hybridized carbons (Fsp3) is 0.500. The summed E-state index contributed by atoms with van der Waals surface area (Å²) in [6.07, 6.45) is -5.11. The number of aromatic carboxylic acids is 1. The number of esters is 3. The number of ether oxygens (including phenoxy) is 6. The van der Waals surface area contributed by atoms with Gasteiger partial charge in [0.15, 0.2) is 23.7 Å². The molecule has 2 N–H and O–H groups in total. The molecule has 2 rings (SSSR count). The van der Waals surface area contributed by atoms with Gasteiger partial charge in [0.05, 0.1) is 12.7 Å². The maximum Gasteiger partial charge on any atom is 0.335 e. The lowest BCUT2D eigenvalue weighted by atomic mass is 9.96. The molecule has 1 saturated heterocycles. The summed E-state index contributed by atoms with van der Waals surface area (Å²) in [6, 6.07) is 2.60. The van der Waals surface area contributed by atoms with Crippen LogP contribution in [0.5, 0.6) is 11.5 Å². The summed E-state index contributed by atoms with van der Waals surface area (Å²) in [5.74, 6) is -3.80. The maximum absolute atomic E-state index is 12.0. The monoisotopic (exact) mass is 497 g/mol. The van der Waals surface area contributed by atoms with Crippen molar-refractivity contribution in [1.29, 1.82) is 0 Å². The van der Waals surface area contributed by atoms with E-state index in [4.69, 9.17) is 28.4 Å². The number of hydrogen-bond acceptors (Lipinski definition) is 11. The van der Waals surface area contributed by atoms with E-state index in [0.29, 0.717) is 0 Å². The predicted octanol–water partition coefficient (Wildman–Crippen LogP) is 0.428. The standard InChI is InChI=1S/C22H27NO12/c1-10(24)23-18-20(33-13(4)27)19(32-12(3)26)17(9-31-11(2)25)35-22(18)34-15-7-6-14(21(28)29)8-16(15)30-5/h6-8,17-20,22H,9H2,1-5H3,(H,23,24)(H,28,29)/t17-,18-,19+,20-,22-/m1/s1. The van der Waals surface area contributed by atoms with Gasteiger partial charge in [0, 0.05) is 27.7 Å². The average Bonchev–Trinajstić information content (AvgIpc) is 2.75. The Labute approximate surface area is 200 Å². The molecular formula is C22H27NO12. The Morgan fingerprint density at radius 3 is 2.09 bits per heavy atom. The van der Waals surface area contributed by atoms with Gasteiger partial charge in [-0.15, -0.1) is 0 Å². The van der Waals surface area contributed by atoms with Crippen molar-refractivity contribution in [2.24, 2.45) is 0 Å². The van der Waals surface area contributed by atoms with Gasteiger partial charge in [-0.05, 0) is 18.2 Å². The Bertz CT molecular complexity index is 977. The van der Waals surface area contributed by atoms with Gasteiger partial charge in [-0.25, -0.2) is 4.79 Å². The van der Waals surface area contributed by atoms with Crippen LogP contribution in [-0.4, -0.2) is 79.3 Å². The highest BCUT2D eigenvalue weighted by Crippen LogP contribution is 2.33. The van der Waals surface area contributed by atoms with Crippen molar-refractivity contribution in [1.82, 2.24) is 5.32 Å². The Hall–Kier alpha value is -3.87. The third-order valence-electron chi connectivity index (χ3n) is 4.72. The van der Waals surface area contributed by atoms with Crippen LogP contribution in [0.3, 0.4) is 0 Å². The van der Waals surface area contributed by atoms with Crippen LogP contribution < -0.4 is 14.8 Å². The molecule has 0 spiro atoms. The van der Waals surface area contributed by atoms with Gasteiger partial charge in [0.1, 0.15) is 18.8 Å². The average molecular weight is 497 g/mol. The predicted molar refractivity (Wildman–Crippen MR) is 115 cm³/mol. The number of benzene rings is 1. The number of nitrogens with one attached hydrogen (secondary N) is 1. The molecule has 1 fully saturated rings. The van der Waals surface area contributed by atoms with E-state index in [1.807, 2.05) is 0 Å². The summed E-state index contributed by atoms with van der Waals surface area (Å²) in [6.45, 7) is 4.22. The molecule has 13 heteroatoms. The first-order valence-electron chi connectivity index (χ1n) is 10.4. The van der Waals surface area contributed by atoms with Crippen molar-refractivity contribution < 1.29 is 57.5 Å². The number of rotatable bonds is 9. The Balaban J connectivity index is 2.52. The second kappa shape index (κ2) is 12.0. The molecule has 0 saturated carbocycles. The van der Waals surface area contributed by atoms with Crippen LogP contribution in [0, 0.1) is 0 Å². The van der Waals surface area contributed by atoms with Gasteiger partial charge in [-0.2, -0.15) is 0 Å². The van der Waals surface area contributed by atoms with Crippen LogP contribution in [0.2, 0.25) is 0 Å². The van der Waals surface area contributed by atoms with Crippen molar-refractivity contribution in [3.05, 3.63) is 23.8 Å². The second-order valence-electron chi connectivity index (χ2n) is 7.51. The zero-order valence-corrected chi connectivity index (χ0v) is 19.8. The zero-order chi connectivity index (χ0) is 26.3. The van der Waals surface area contributed by atoms with Crippen molar-refractivity contribution in [2.45, 2.75) is 58.3 Å². The van der Waals surface area contributed by atoms with Crippen molar-refractivity contribution in [3.8, 4) is 11.5 Å². The molecule has 1 aliphatic heterocycles. The quantitative estimate of drug-likeness (QED) is 0.356. The first-order valence-corrected chi connectivity index (χ1v) is 10.4. The lowest BCUT2D eigenvalue weighted by Gasteiger charge is -2.44. The molecule has 1 amide bonds. The topological polar surface area (TPSA) is 173 Å². The van der Waals surface area contributed by atoms with E-state index in [2.05, 4.69) is 5.32 Å². The summed E-state index contributed by atoms with van der Waals surface area (Å²) in [4.78, 5) is 58.4. The van der Waals surface area contributed by atoms with E-state index in [1.54, 1.807) is 0 Å². The summed E-state index contributed by atoms with van der Waals surface area (Å²) in [5.41, 5.74) is -0.0716. The van der Waals surface area contributed by atoms with Gasteiger partial charge in [-0.1, -0.05) is 0 Å². The number of carbonyl (C=O) groups is 5. The molecule has 13 nitrogen and oxygen atoms in total. The summed E-state index contributed by atoms with van der Waals surface area (Å²) in [5, 5.41) is 11.8. The first kappa shape index (κ1) is 27.4. The minimum atomic E-state index is -1.37. The molecule has 1 aromatic carbocycles. The van der Waals surface area contributed by atoms with Gasteiger partial charge >= 0.3 is 23.9 Å². The molecule has 0 aliphatic carbocycles. The fourth-order valence-electron chi connectivity index (χ4n) is 3.41. The van der Waals surface area contributed by atoms with Gasteiger partial charge in [-0.3, -0.25) is 19.2 Å². The Morgan fingerprint density at radius 2 is 1.57 bits per heavy atom.